The van der Waals surface area contributed by atoms with Gasteiger partial charge in [0.2, 0.25) is 0 Å². The van der Waals surface area contributed by atoms with Gasteiger partial charge in [-0.05, 0) is 52.4 Å². The molecule has 0 aromatic heterocycles. The number of hydrogen-bond donors (Lipinski definition) is 0. The number of rotatable bonds is 5. The predicted octanol–water partition coefficient (Wildman–Crippen LogP) is 4.53. The van der Waals surface area contributed by atoms with Crippen LogP contribution in [0.2, 0.25) is 0 Å². The minimum atomic E-state index is -0.778. The molecule has 0 saturated carbocycles. The molecule has 1 heterocycles. The molecule has 0 aromatic rings. The molecule has 4 nitrogen and oxygen atoms in total. The van der Waals surface area contributed by atoms with Crippen LogP contribution in [0, 0.1) is 11.3 Å². The van der Waals surface area contributed by atoms with E-state index in [0.29, 0.717) is 25.2 Å². The summed E-state index contributed by atoms with van der Waals surface area (Å²) in [5, 5.41) is 0. The van der Waals surface area contributed by atoms with Gasteiger partial charge in [-0.1, -0.05) is 25.5 Å². The molecule has 0 radical (unpaired) electrons. The maximum atomic E-state index is 12.8. The van der Waals surface area contributed by atoms with E-state index in [9.17, 15) is 9.59 Å². The highest BCUT2D eigenvalue weighted by atomic mass is 16.8. The van der Waals surface area contributed by atoms with Crippen LogP contribution in [0.25, 0.3) is 0 Å². The van der Waals surface area contributed by atoms with Crippen LogP contribution in [0.5, 0.6) is 0 Å². The van der Waals surface area contributed by atoms with Crippen molar-refractivity contribution in [1.82, 2.24) is 0 Å². The Labute approximate surface area is 157 Å². The maximum absolute atomic E-state index is 12.8. The summed E-state index contributed by atoms with van der Waals surface area (Å²) in [7, 11) is 0. The Morgan fingerprint density at radius 2 is 2.08 bits per heavy atom. The summed E-state index contributed by atoms with van der Waals surface area (Å²) < 4.78 is 12.8. The van der Waals surface area contributed by atoms with Crippen molar-refractivity contribution < 1.29 is 19.1 Å². The second-order valence-electron chi connectivity index (χ2n) is 9.02. The van der Waals surface area contributed by atoms with Crippen LogP contribution in [0.1, 0.15) is 73.1 Å². The lowest BCUT2D eigenvalue weighted by molar-refractivity contribution is -0.162. The zero-order valence-corrected chi connectivity index (χ0v) is 16.8. The van der Waals surface area contributed by atoms with E-state index in [2.05, 4.69) is 13.5 Å². The van der Waals surface area contributed by atoms with Gasteiger partial charge in [0.25, 0.3) is 0 Å². The second kappa shape index (κ2) is 6.42. The SMILES string of the molecule is C=C[C@](C)(C[C@H]1OC(C)(C)O[C@]12C[C@@H](C)CC1=C2C(=O)CC1)C(=O)CC. The number of hydrogen-bond acceptors (Lipinski definition) is 4. The van der Waals surface area contributed by atoms with E-state index in [4.69, 9.17) is 9.47 Å². The third kappa shape index (κ3) is 3.01. The van der Waals surface area contributed by atoms with E-state index in [1.807, 2.05) is 27.7 Å². The van der Waals surface area contributed by atoms with E-state index < -0.39 is 16.8 Å². The molecule has 144 valence electrons. The van der Waals surface area contributed by atoms with Gasteiger partial charge in [-0.25, -0.2) is 0 Å². The Morgan fingerprint density at radius 1 is 1.38 bits per heavy atom. The minimum absolute atomic E-state index is 0.145. The van der Waals surface area contributed by atoms with Gasteiger partial charge in [0.15, 0.2) is 11.6 Å². The zero-order chi connectivity index (χ0) is 19.3. The Kier molecular flexibility index (Phi) is 4.81. The molecular weight excluding hydrogens is 328 g/mol. The first-order valence-electron chi connectivity index (χ1n) is 9.87. The Balaban J connectivity index is 2.06. The summed E-state index contributed by atoms with van der Waals surface area (Å²) in [5.74, 6) is -0.0105. The van der Waals surface area contributed by atoms with E-state index >= 15 is 0 Å². The average Bonchev–Trinajstić information content (AvgIpc) is 3.04. The molecule has 3 aliphatic rings. The quantitative estimate of drug-likeness (QED) is 0.676. The molecule has 0 N–H and O–H groups in total. The van der Waals surface area contributed by atoms with Gasteiger partial charge in [-0.3, -0.25) is 9.59 Å². The average molecular weight is 360 g/mol. The summed E-state index contributed by atoms with van der Waals surface area (Å²) in [5.41, 5.74) is 0.672. The lowest BCUT2D eigenvalue weighted by Gasteiger charge is -2.42. The zero-order valence-electron chi connectivity index (χ0n) is 16.8. The van der Waals surface area contributed by atoms with Crippen molar-refractivity contribution in [2.75, 3.05) is 0 Å². The Morgan fingerprint density at radius 3 is 2.69 bits per heavy atom. The summed E-state index contributed by atoms with van der Waals surface area (Å²) in [6, 6.07) is 0. The number of Topliss-reactive ketones (excluding diaryl/α,β-unsaturated/α-hetero) is 2. The summed E-state index contributed by atoms with van der Waals surface area (Å²) in [6.07, 6.45) is 5.49. The smallest absolute Gasteiger partial charge is 0.164 e. The third-order valence-corrected chi connectivity index (χ3v) is 6.35. The van der Waals surface area contributed by atoms with Gasteiger partial charge in [-0.2, -0.15) is 0 Å². The number of ketones is 2. The lowest BCUT2D eigenvalue weighted by Crippen LogP contribution is -2.49. The van der Waals surface area contributed by atoms with Gasteiger partial charge < -0.3 is 9.47 Å². The topological polar surface area (TPSA) is 52.6 Å². The predicted molar refractivity (Wildman–Crippen MR) is 101 cm³/mol. The lowest BCUT2D eigenvalue weighted by atomic mass is 9.68. The fourth-order valence-corrected chi connectivity index (χ4v) is 5.22. The molecule has 4 heteroatoms. The van der Waals surface area contributed by atoms with Crippen LogP contribution in [0.4, 0.5) is 0 Å². The Hall–Kier alpha value is -1.26. The van der Waals surface area contributed by atoms with Crippen molar-refractivity contribution in [2.45, 2.75) is 90.6 Å². The molecule has 1 aliphatic heterocycles. The minimum Gasteiger partial charge on any atom is -0.344 e. The fraction of sp³-hybridized carbons (Fsp3) is 0.727. The Bertz CT molecular complexity index is 674. The monoisotopic (exact) mass is 360 g/mol. The second-order valence-corrected chi connectivity index (χ2v) is 9.02. The highest BCUT2D eigenvalue weighted by Crippen LogP contribution is 2.55. The van der Waals surface area contributed by atoms with Gasteiger partial charge in [0.1, 0.15) is 11.4 Å². The van der Waals surface area contributed by atoms with Crippen molar-refractivity contribution in [3.05, 3.63) is 23.8 Å². The molecule has 1 spiro atoms. The third-order valence-electron chi connectivity index (χ3n) is 6.35. The van der Waals surface area contributed by atoms with E-state index in [1.54, 1.807) is 6.08 Å². The van der Waals surface area contributed by atoms with Gasteiger partial charge >= 0.3 is 0 Å². The largest absolute Gasteiger partial charge is 0.344 e. The molecular formula is C22H32O4. The van der Waals surface area contributed by atoms with Crippen LogP contribution in [-0.2, 0) is 19.1 Å². The highest BCUT2D eigenvalue weighted by Gasteiger charge is 2.61. The summed E-state index contributed by atoms with van der Waals surface area (Å²) >= 11 is 0. The maximum Gasteiger partial charge on any atom is 0.164 e. The normalized spacial score (nSPS) is 35.5. The number of carbonyl (C=O) groups is 2. The number of carbonyl (C=O) groups excluding carboxylic acids is 2. The van der Waals surface area contributed by atoms with Crippen molar-refractivity contribution >= 4 is 11.6 Å². The molecule has 0 aromatic carbocycles. The van der Waals surface area contributed by atoms with E-state index in [1.165, 1.54) is 5.57 Å². The molecule has 1 saturated heterocycles. The first-order valence-corrected chi connectivity index (χ1v) is 9.87. The molecule has 4 atom stereocenters. The van der Waals surface area contributed by atoms with Crippen LogP contribution in [0.3, 0.4) is 0 Å². The first-order chi connectivity index (χ1) is 12.1. The molecule has 2 aliphatic carbocycles. The van der Waals surface area contributed by atoms with Crippen molar-refractivity contribution in [3.63, 3.8) is 0 Å². The number of allylic oxidation sites excluding steroid dienone is 2. The van der Waals surface area contributed by atoms with Crippen LogP contribution < -0.4 is 0 Å². The van der Waals surface area contributed by atoms with Crippen LogP contribution in [0.15, 0.2) is 23.8 Å². The molecule has 1 fully saturated rings. The standard InChI is InChI=1S/C22H32O4/c1-7-17(24)21(6,8-2)13-18-22(26-20(4,5)25-18)12-14(3)11-15-9-10-16(23)19(15)22/h8,14,18H,2,7,9-13H2,1,3-6H3/t14-,18+,21+,22+/m0/s1. The van der Waals surface area contributed by atoms with Crippen molar-refractivity contribution in [2.24, 2.45) is 11.3 Å². The van der Waals surface area contributed by atoms with Gasteiger partial charge in [0, 0.05) is 23.8 Å². The first kappa shape index (κ1) is 19.5. The number of fused-ring (bicyclic) bond motifs is 1. The molecule has 0 amide bonds. The molecule has 0 bridgehead atoms. The van der Waals surface area contributed by atoms with E-state index in [0.717, 1.165) is 24.8 Å². The highest BCUT2D eigenvalue weighted by molar-refractivity contribution is 6.01. The summed E-state index contributed by atoms with van der Waals surface area (Å²) in [4.78, 5) is 25.4. The summed E-state index contributed by atoms with van der Waals surface area (Å²) in [6.45, 7) is 13.7. The fourth-order valence-electron chi connectivity index (χ4n) is 5.22. The van der Waals surface area contributed by atoms with E-state index in [-0.39, 0.29) is 17.7 Å². The van der Waals surface area contributed by atoms with Crippen molar-refractivity contribution in [1.29, 1.82) is 0 Å². The molecule has 3 rings (SSSR count). The molecule has 26 heavy (non-hydrogen) atoms. The van der Waals surface area contributed by atoms with Gasteiger partial charge in [-0.15, -0.1) is 6.58 Å². The van der Waals surface area contributed by atoms with Gasteiger partial charge in [0.05, 0.1) is 6.10 Å². The molecule has 0 unspecified atom stereocenters. The van der Waals surface area contributed by atoms with Crippen LogP contribution in [-0.4, -0.2) is 29.1 Å². The van der Waals surface area contributed by atoms with Crippen molar-refractivity contribution in [3.8, 4) is 0 Å². The van der Waals surface area contributed by atoms with Crippen LogP contribution >= 0.6 is 0 Å². The number of ether oxygens (including phenoxy) is 2.